The first-order valence-electron chi connectivity index (χ1n) is 8.49. The Morgan fingerprint density at radius 2 is 2.12 bits per heavy atom. The molecule has 1 aliphatic rings. The first kappa shape index (κ1) is 20.0. The Morgan fingerprint density at radius 1 is 1.35 bits per heavy atom. The van der Waals surface area contributed by atoms with Gasteiger partial charge in [-0.1, -0.05) is 11.6 Å². The highest BCUT2D eigenvalue weighted by Crippen LogP contribution is 2.23. The number of nitrogens with one attached hydrogen (secondary N) is 3. The number of nitrogens with two attached hydrogens (primary N) is 1. The van der Waals surface area contributed by atoms with Gasteiger partial charge in [-0.3, -0.25) is 9.59 Å². The van der Waals surface area contributed by atoms with Gasteiger partial charge < -0.3 is 26.6 Å². The van der Waals surface area contributed by atoms with Gasteiger partial charge in [-0.05, 0) is 37.6 Å². The van der Waals surface area contributed by atoms with E-state index in [0.29, 0.717) is 35.9 Å². The average molecular weight is 382 g/mol. The summed E-state index contributed by atoms with van der Waals surface area (Å²) in [4.78, 5) is 37.1. The van der Waals surface area contributed by atoms with Crippen LogP contribution >= 0.6 is 11.6 Å². The van der Waals surface area contributed by atoms with Crippen molar-refractivity contribution in [2.75, 3.05) is 38.5 Å². The van der Waals surface area contributed by atoms with Crippen molar-refractivity contribution in [3.8, 4) is 0 Å². The number of hydrogen-bond donors (Lipinski definition) is 4. The Hall–Kier alpha value is -2.32. The molecule has 1 fully saturated rings. The van der Waals surface area contributed by atoms with Crippen LogP contribution in [0.5, 0.6) is 0 Å². The molecule has 0 aliphatic carbocycles. The molecule has 1 aromatic carbocycles. The highest BCUT2D eigenvalue weighted by Gasteiger charge is 2.23. The van der Waals surface area contributed by atoms with Crippen LogP contribution in [-0.2, 0) is 4.79 Å². The van der Waals surface area contributed by atoms with E-state index in [4.69, 9.17) is 17.3 Å². The molecule has 1 aromatic rings. The number of carbonyl (C=O) groups is 3. The van der Waals surface area contributed by atoms with Gasteiger partial charge in [0.1, 0.15) is 0 Å². The highest BCUT2D eigenvalue weighted by molar-refractivity contribution is 6.33. The molecule has 0 bridgehead atoms. The smallest absolute Gasteiger partial charge is 0.319 e. The van der Waals surface area contributed by atoms with Crippen molar-refractivity contribution >= 4 is 35.1 Å². The van der Waals surface area contributed by atoms with Crippen molar-refractivity contribution < 1.29 is 14.4 Å². The summed E-state index contributed by atoms with van der Waals surface area (Å²) in [6.45, 7) is 2.55. The van der Waals surface area contributed by atoms with Crippen LogP contribution in [0.1, 0.15) is 23.2 Å². The molecular formula is C17H24ClN5O3. The minimum absolute atomic E-state index is 0.121. The summed E-state index contributed by atoms with van der Waals surface area (Å²) in [6, 6.07) is 4.24. The van der Waals surface area contributed by atoms with Gasteiger partial charge in [-0.25, -0.2) is 4.79 Å². The van der Waals surface area contributed by atoms with Crippen LogP contribution in [0.25, 0.3) is 0 Å². The van der Waals surface area contributed by atoms with E-state index in [1.165, 1.54) is 13.1 Å². The lowest BCUT2D eigenvalue weighted by Gasteiger charge is -2.31. The largest absolute Gasteiger partial charge is 0.369 e. The number of amides is 4. The first-order valence-corrected chi connectivity index (χ1v) is 8.86. The second kappa shape index (κ2) is 9.40. The predicted molar refractivity (Wildman–Crippen MR) is 100 cm³/mol. The number of carbonyl (C=O) groups excluding carboxylic acids is 3. The van der Waals surface area contributed by atoms with Crippen LogP contribution in [0.15, 0.2) is 18.2 Å². The Labute approximate surface area is 157 Å². The fourth-order valence-electron chi connectivity index (χ4n) is 2.89. The maximum atomic E-state index is 12.1. The fraction of sp³-hybridized carbons (Fsp3) is 0.471. The molecular weight excluding hydrogens is 358 g/mol. The van der Waals surface area contributed by atoms with Gasteiger partial charge in [0.05, 0.1) is 16.6 Å². The zero-order chi connectivity index (χ0) is 19.1. The average Bonchev–Trinajstić information content (AvgIpc) is 2.63. The van der Waals surface area contributed by atoms with E-state index < -0.39 is 6.03 Å². The molecule has 26 heavy (non-hydrogen) atoms. The molecule has 0 spiro atoms. The summed E-state index contributed by atoms with van der Waals surface area (Å²) in [5, 5.41) is 8.24. The van der Waals surface area contributed by atoms with E-state index in [1.807, 2.05) is 0 Å². The van der Waals surface area contributed by atoms with Crippen LogP contribution in [0.2, 0.25) is 5.02 Å². The van der Waals surface area contributed by atoms with Crippen LogP contribution in [0.4, 0.5) is 10.5 Å². The minimum atomic E-state index is -0.413. The normalized spacial score (nSPS) is 17.4. The topological polar surface area (TPSA) is 117 Å². The molecule has 1 atom stereocenters. The maximum absolute atomic E-state index is 12.1. The Morgan fingerprint density at radius 3 is 2.81 bits per heavy atom. The third-order valence-corrected chi connectivity index (χ3v) is 4.65. The van der Waals surface area contributed by atoms with E-state index in [1.54, 1.807) is 12.1 Å². The molecule has 4 amide bonds. The SMILES string of the molecule is CNC(=O)c1ccc(Cl)c(NC(=O)NCCN2CCC[C@@H](C(N)=O)C2)c1. The third kappa shape index (κ3) is 5.60. The van der Waals surface area contributed by atoms with Crippen LogP contribution in [0.3, 0.4) is 0 Å². The lowest BCUT2D eigenvalue weighted by Crippen LogP contribution is -2.44. The molecule has 1 saturated heterocycles. The van der Waals surface area contributed by atoms with Crippen LogP contribution < -0.4 is 21.7 Å². The van der Waals surface area contributed by atoms with Crippen molar-refractivity contribution in [3.63, 3.8) is 0 Å². The summed E-state index contributed by atoms with van der Waals surface area (Å²) in [6.07, 6.45) is 1.74. The molecule has 1 aliphatic heterocycles. The van der Waals surface area contributed by atoms with Gasteiger partial charge in [0.25, 0.3) is 5.91 Å². The van der Waals surface area contributed by atoms with Crippen molar-refractivity contribution in [1.82, 2.24) is 15.5 Å². The number of halogens is 1. The lowest BCUT2D eigenvalue weighted by atomic mass is 9.97. The first-order chi connectivity index (χ1) is 12.4. The molecule has 1 heterocycles. The van der Waals surface area contributed by atoms with Crippen LogP contribution in [0, 0.1) is 5.92 Å². The van der Waals surface area contributed by atoms with E-state index >= 15 is 0 Å². The number of anilines is 1. The molecule has 5 N–H and O–H groups in total. The van der Waals surface area contributed by atoms with Gasteiger partial charge in [-0.15, -0.1) is 0 Å². The zero-order valence-corrected chi connectivity index (χ0v) is 15.4. The number of piperidine rings is 1. The zero-order valence-electron chi connectivity index (χ0n) is 14.7. The van der Waals surface area contributed by atoms with Gasteiger partial charge in [0.2, 0.25) is 5.91 Å². The van der Waals surface area contributed by atoms with Gasteiger partial charge in [0, 0.05) is 32.2 Å². The van der Waals surface area contributed by atoms with E-state index in [-0.39, 0.29) is 17.7 Å². The highest BCUT2D eigenvalue weighted by atomic mass is 35.5. The van der Waals surface area contributed by atoms with Crippen molar-refractivity contribution in [3.05, 3.63) is 28.8 Å². The Kier molecular flexibility index (Phi) is 7.23. The molecule has 9 heteroatoms. The quantitative estimate of drug-likeness (QED) is 0.588. The van der Waals surface area contributed by atoms with E-state index in [0.717, 1.165) is 19.4 Å². The Bertz CT molecular complexity index is 682. The van der Waals surface area contributed by atoms with Crippen molar-refractivity contribution in [1.29, 1.82) is 0 Å². The standard InChI is InChI=1S/C17H24ClN5O3/c1-20-16(25)11-4-5-13(18)14(9-11)22-17(26)21-6-8-23-7-2-3-12(10-23)15(19)24/h4-5,9,12H,2-3,6-8,10H2,1H3,(H2,19,24)(H,20,25)(H2,21,22,26)/t12-/m1/s1. The minimum Gasteiger partial charge on any atom is -0.369 e. The second-order valence-corrected chi connectivity index (χ2v) is 6.60. The second-order valence-electron chi connectivity index (χ2n) is 6.20. The molecule has 0 aromatic heterocycles. The molecule has 0 unspecified atom stereocenters. The molecule has 2 rings (SSSR count). The van der Waals surface area contributed by atoms with Crippen LogP contribution in [-0.4, -0.2) is 56.0 Å². The Balaban J connectivity index is 1.82. The number of hydrogen-bond acceptors (Lipinski definition) is 4. The fourth-order valence-corrected chi connectivity index (χ4v) is 3.06. The molecule has 8 nitrogen and oxygen atoms in total. The van der Waals surface area contributed by atoms with Crippen molar-refractivity contribution in [2.45, 2.75) is 12.8 Å². The summed E-state index contributed by atoms with van der Waals surface area (Å²) >= 11 is 6.06. The summed E-state index contributed by atoms with van der Waals surface area (Å²) in [5.74, 6) is -0.658. The summed E-state index contributed by atoms with van der Waals surface area (Å²) < 4.78 is 0. The number of nitrogens with zero attached hydrogens (tertiary/aromatic N) is 1. The molecule has 142 valence electrons. The van der Waals surface area contributed by atoms with E-state index in [2.05, 4.69) is 20.9 Å². The monoisotopic (exact) mass is 381 g/mol. The number of benzene rings is 1. The number of urea groups is 1. The van der Waals surface area contributed by atoms with Gasteiger partial charge in [0.15, 0.2) is 0 Å². The lowest BCUT2D eigenvalue weighted by molar-refractivity contribution is -0.123. The van der Waals surface area contributed by atoms with Crippen molar-refractivity contribution in [2.24, 2.45) is 11.7 Å². The maximum Gasteiger partial charge on any atom is 0.319 e. The molecule has 0 saturated carbocycles. The third-order valence-electron chi connectivity index (χ3n) is 4.33. The van der Waals surface area contributed by atoms with E-state index in [9.17, 15) is 14.4 Å². The summed E-state index contributed by atoms with van der Waals surface area (Å²) in [7, 11) is 1.53. The van der Waals surface area contributed by atoms with Gasteiger partial charge in [-0.2, -0.15) is 0 Å². The number of likely N-dealkylation sites (tertiary alicyclic amines) is 1. The number of rotatable bonds is 6. The number of primary amides is 1. The predicted octanol–water partition coefficient (Wildman–Crippen LogP) is 1.02. The molecule has 0 radical (unpaired) electrons. The summed E-state index contributed by atoms with van der Waals surface area (Å²) in [5.41, 5.74) is 6.12. The van der Waals surface area contributed by atoms with Gasteiger partial charge >= 0.3 is 6.03 Å².